The number of benzene rings is 2. The number of esters is 2. The van der Waals surface area contributed by atoms with Crippen molar-refractivity contribution in [2.75, 3.05) is 6.54 Å². The van der Waals surface area contributed by atoms with Gasteiger partial charge in [0.05, 0.1) is 6.10 Å². The molecule has 0 fully saturated rings. The number of phenolic OH excluding ortho intramolecular Hbond substituents is 1. The van der Waals surface area contributed by atoms with Crippen LogP contribution in [-0.4, -0.2) is 34.2 Å². The molecule has 2 aromatic rings. The van der Waals surface area contributed by atoms with Gasteiger partial charge in [0.2, 0.25) is 0 Å². The van der Waals surface area contributed by atoms with Crippen LogP contribution in [0.15, 0.2) is 42.5 Å². The summed E-state index contributed by atoms with van der Waals surface area (Å²) in [5, 5.41) is 23.7. The van der Waals surface area contributed by atoms with E-state index in [1.165, 1.54) is 25.1 Å². The van der Waals surface area contributed by atoms with Gasteiger partial charge in [-0.1, -0.05) is 18.2 Å². The number of β-amino-alcohol motifs (C(OH)–C–C–N with tert-alkyl or cyclic N) is 1. The van der Waals surface area contributed by atoms with E-state index in [4.69, 9.17) is 9.47 Å². The Morgan fingerprint density at radius 2 is 1.83 bits per heavy atom. The van der Waals surface area contributed by atoms with Crippen molar-refractivity contribution in [3.63, 3.8) is 0 Å². The Kier molecular flexibility index (Phi) is 7.36. The molecule has 1 unspecified atom stereocenters. The molecule has 0 saturated carbocycles. The lowest BCUT2D eigenvalue weighted by Crippen LogP contribution is -2.38. The van der Waals surface area contributed by atoms with Gasteiger partial charge in [-0.15, -0.1) is 0 Å². The third-order valence-electron chi connectivity index (χ3n) is 4.03. The summed E-state index contributed by atoms with van der Waals surface area (Å²) in [6.45, 7) is 7.36. The van der Waals surface area contributed by atoms with Gasteiger partial charge in [-0.3, -0.25) is 4.79 Å². The molecule has 2 aromatic carbocycles. The lowest BCUT2D eigenvalue weighted by molar-refractivity contribution is -0.131. The summed E-state index contributed by atoms with van der Waals surface area (Å²) in [5.74, 6) is -1.19. The number of hydrogen-bond acceptors (Lipinski definition) is 7. The van der Waals surface area contributed by atoms with Crippen LogP contribution < -0.4 is 10.1 Å². The zero-order valence-electron chi connectivity index (χ0n) is 17.1. The zero-order valence-corrected chi connectivity index (χ0v) is 17.1. The highest BCUT2D eigenvalue weighted by atomic mass is 16.5. The molecule has 0 aliphatic rings. The first-order valence-corrected chi connectivity index (χ1v) is 9.26. The number of ether oxygens (including phenoxy) is 2. The van der Waals surface area contributed by atoms with Crippen molar-refractivity contribution in [1.29, 1.82) is 0 Å². The smallest absolute Gasteiger partial charge is 0.342 e. The zero-order chi connectivity index (χ0) is 21.6. The standard InChI is InChI=1S/C22H27NO6/c1-14(24)29-20-8-6-5-7-17(20)21(27)28-13-16-11-15(9-10-18(16)25)19(26)12-23-22(2,3)4/h5-11,19,23,25-26H,12-13H2,1-4H3. The normalized spacial score (nSPS) is 12.3. The third kappa shape index (κ3) is 6.89. The molecule has 7 heteroatoms. The largest absolute Gasteiger partial charge is 0.508 e. The minimum Gasteiger partial charge on any atom is -0.508 e. The highest BCUT2D eigenvalue weighted by Gasteiger charge is 2.18. The second-order valence-electron chi connectivity index (χ2n) is 7.70. The molecule has 0 aliphatic heterocycles. The van der Waals surface area contributed by atoms with E-state index in [9.17, 15) is 19.8 Å². The number of phenols is 1. The lowest BCUT2D eigenvalue weighted by Gasteiger charge is -2.23. The Hall–Kier alpha value is -2.90. The third-order valence-corrected chi connectivity index (χ3v) is 4.03. The second-order valence-corrected chi connectivity index (χ2v) is 7.70. The van der Waals surface area contributed by atoms with Gasteiger partial charge in [-0.25, -0.2) is 4.79 Å². The number of para-hydroxylation sites is 1. The first kappa shape index (κ1) is 22.4. The quantitative estimate of drug-likeness (QED) is 0.484. The van der Waals surface area contributed by atoms with Gasteiger partial charge >= 0.3 is 11.9 Å². The molecule has 0 spiro atoms. The molecular weight excluding hydrogens is 374 g/mol. The van der Waals surface area contributed by atoms with Gasteiger partial charge in [0, 0.05) is 24.6 Å². The van der Waals surface area contributed by atoms with Crippen LogP contribution in [0.25, 0.3) is 0 Å². The van der Waals surface area contributed by atoms with Crippen molar-refractivity contribution in [1.82, 2.24) is 5.32 Å². The van der Waals surface area contributed by atoms with E-state index in [1.54, 1.807) is 24.3 Å². The Morgan fingerprint density at radius 3 is 2.48 bits per heavy atom. The van der Waals surface area contributed by atoms with E-state index in [1.807, 2.05) is 20.8 Å². The predicted molar refractivity (Wildman–Crippen MR) is 108 cm³/mol. The molecule has 156 valence electrons. The van der Waals surface area contributed by atoms with Crippen molar-refractivity contribution >= 4 is 11.9 Å². The van der Waals surface area contributed by atoms with Crippen molar-refractivity contribution in [3.05, 3.63) is 59.2 Å². The van der Waals surface area contributed by atoms with Crippen molar-refractivity contribution < 1.29 is 29.3 Å². The van der Waals surface area contributed by atoms with Gasteiger partial charge in [-0.2, -0.15) is 0 Å². The number of hydrogen-bond donors (Lipinski definition) is 3. The maximum Gasteiger partial charge on any atom is 0.342 e. The maximum atomic E-state index is 12.4. The minimum atomic E-state index is -0.783. The molecular formula is C22H27NO6. The first-order valence-electron chi connectivity index (χ1n) is 9.26. The molecule has 7 nitrogen and oxygen atoms in total. The number of aromatic hydroxyl groups is 1. The molecule has 2 rings (SSSR count). The summed E-state index contributed by atoms with van der Waals surface area (Å²) in [7, 11) is 0. The summed E-state index contributed by atoms with van der Waals surface area (Å²) < 4.78 is 10.3. The van der Waals surface area contributed by atoms with Crippen LogP contribution in [0.2, 0.25) is 0 Å². The van der Waals surface area contributed by atoms with Crippen LogP contribution in [0.1, 0.15) is 55.3 Å². The highest BCUT2D eigenvalue weighted by molar-refractivity contribution is 5.93. The molecule has 0 aliphatic carbocycles. The second kappa shape index (κ2) is 9.54. The maximum absolute atomic E-state index is 12.4. The molecule has 0 amide bonds. The van der Waals surface area contributed by atoms with Crippen LogP contribution in [-0.2, 0) is 16.1 Å². The van der Waals surface area contributed by atoms with Crippen molar-refractivity contribution in [2.24, 2.45) is 0 Å². The Morgan fingerprint density at radius 1 is 1.14 bits per heavy atom. The van der Waals surface area contributed by atoms with Gasteiger partial charge in [0.25, 0.3) is 0 Å². The molecule has 3 N–H and O–H groups in total. The molecule has 29 heavy (non-hydrogen) atoms. The fourth-order valence-corrected chi connectivity index (χ4v) is 2.55. The van der Waals surface area contributed by atoms with Gasteiger partial charge in [0.15, 0.2) is 0 Å². The van der Waals surface area contributed by atoms with Gasteiger partial charge in [-0.05, 0) is 50.6 Å². The highest BCUT2D eigenvalue weighted by Crippen LogP contribution is 2.25. The fraction of sp³-hybridized carbons (Fsp3) is 0.364. The molecule has 1 atom stereocenters. The first-order chi connectivity index (χ1) is 13.6. The van der Waals surface area contributed by atoms with Crippen LogP contribution in [0, 0.1) is 0 Å². The number of aliphatic hydroxyl groups is 1. The van der Waals surface area contributed by atoms with Crippen molar-refractivity contribution in [3.8, 4) is 11.5 Å². The van der Waals surface area contributed by atoms with E-state index in [-0.39, 0.29) is 29.2 Å². The Balaban J connectivity index is 2.09. The van der Waals surface area contributed by atoms with E-state index in [0.29, 0.717) is 17.7 Å². The SMILES string of the molecule is CC(=O)Oc1ccccc1C(=O)OCc1cc(C(O)CNC(C)(C)C)ccc1O. The number of aliphatic hydroxyl groups excluding tert-OH is 1. The van der Waals surface area contributed by atoms with E-state index in [2.05, 4.69) is 5.32 Å². The Bertz CT molecular complexity index is 872. The monoisotopic (exact) mass is 401 g/mol. The van der Waals surface area contributed by atoms with Gasteiger partial charge < -0.3 is 25.0 Å². The number of carbonyl (C=O) groups excluding carboxylic acids is 2. The van der Waals surface area contributed by atoms with E-state index < -0.39 is 18.0 Å². The van der Waals surface area contributed by atoms with Crippen molar-refractivity contribution in [2.45, 2.75) is 45.9 Å². The van der Waals surface area contributed by atoms with Crippen LogP contribution >= 0.6 is 0 Å². The summed E-state index contributed by atoms with van der Waals surface area (Å²) in [6, 6.07) is 10.9. The predicted octanol–water partition coefficient (Wildman–Crippen LogP) is 3.10. The number of rotatable bonds is 7. The van der Waals surface area contributed by atoms with E-state index in [0.717, 1.165) is 0 Å². The molecule has 0 aromatic heterocycles. The average Bonchev–Trinajstić information content (AvgIpc) is 2.64. The molecule has 0 saturated heterocycles. The topological polar surface area (TPSA) is 105 Å². The fourth-order valence-electron chi connectivity index (χ4n) is 2.55. The lowest BCUT2D eigenvalue weighted by atomic mass is 10.0. The summed E-state index contributed by atoms with van der Waals surface area (Å²) in [5.41, 5.74) is 0.903. The summed E-state index contributed by atoms with van der Waals surface area (Å²) in [4.78, 5) is 23.6. The Labute approximate surface area is 170 Å². The van der Waals surface area contributed by atoms with Crippen LogP contribution in [0.3, 0.4) is 0 Å². The van der Waals surface area contributed by atoms with E-state index >= 15 is 0 Å². The van der Waals surface area contributed by atoms with Crippen LogP contribution in [0.4, 0.5) is 0 Å². The summed E-state index contributed by atoms with van der Waals surface area (Å²) >= 11 is 0. The summed E-state index contributed by atoms with van der Waals surface area (Å²) in [6.07, 6.45) is -0.783. The average molecular weight is 401 g/mol. The molecule has 0 bridgehead atoms. The van der Waals surface area contributed by atoms with Gasteiger partial charge in [0.1, 0.15) is 23.7 Å². The van der Waals surface area contributed by atoms with Crippen LogP contribution in [0.5, 0.6) is 11.5 Å². The molecule has 0 heterocycles. The number of carbonyl (C=O) groups is 2. The minimum absolute atomic E-state index is 0.0502. The number of nitrogens with one attached hydrogen (secondary N) is 1. The molecule has 0 radical (unpaired) electrons.